The Balaban J connectivity index is 1.82. The van der Waals surface area contributed by atoms with E-state index in [4.69, 9.17) is 23.2 Å². The molecule has 0 aliphatic rings. The van der Waals surface area contributed by atoms with Crippen molar-refractivity contribution >= 4 is 34.8 Å². The number of anilines is 1. The molecule has 0 unspecified atom stereocenters. The van der Waals surface area contributed by atoms with Crippen molar-refractivity contribution in [3.05, 3.63) is 63.6 Å². The predicted molar refractivity (Wildman–Crippen MR) is 88.0 cm³/mol. The van der Waals surface area contributed by atoms with E-state index in [1.807, 2.05) is 31.2 Å². The number of nitrogens with one attached hydrogen (secondary N) is 2. The van der Waals surface area contributed by atoms with Crippen LogP contribution in [0, 0.1) is 6.92 Å². The second kappa shape index (κ2) is 7.34. The summed E-state index contributed by atoms with van der Waals surface area (Å²) in [6.07, 6.45) is 0. The molecule has 2 rings (SSSR count). The molecule has 110 valence electrons. The second-order valence-corrected chi connectivity index (χ2v) is 5.50. The van der Waals surface area contributed by atoms with Gasteiger partial charge in [-0.2, -0.15) is 0 Å². The molecule has 1 amide bonds. The zero-order chi connectivity index (χ0) is 15.2. The molecule has 0 heterocycles. The number of rotatable bonds is 5. The summed E-state index contributed by atoms with van der Waals surface area (Å²) in [6, 6.07) is 13.3. The van der Waals surface area contributed by atoms with Gasteiger partial charge in [0.15, 0.2) is 0 Å². The molecule has 21 heavy (non-hydrogen) atoms. The maximum absolute atomic E-state index is 11.8. The first-order valence-corrected chi connectivity index (χ1v) is 7.32. The number of carbonyl (C=O) groups is 1. The van der Waals surface area contributed by atoms with Crippen molar-refractivity contribution in [1.82, 2.24) is 5.32 Å². The van der Waals surface area contributed by atoms with Crippen molar-refractivity contribution in [3.8, 4) is 0 Å². The van der Waals surface area contributed by atoms with Crippen molar-refractivity contribution in [2.24, 2.45) is 0 Å². The van der Waals surface area contributed by atoms with Gasteiger partial charge in [-0.05, 0) is 24.6 Å². The zero-order valence-corrected chi connectivity index (χ0v) is 13.1. The summed E-state index contributed by atoms with van der Waals surface area (Å²) in [6.45, 7) is 2.68. The molecule has 2 aromatic carbocycles. The van der Waals surface area contributed by atoms with E-state index in [0.29, 0.717) is 22.3 Å². The van der Waals surface area contributed by atoms with E-state index < -0.39 is 0 Å². The maximum Gasteiger partial charge on any atom is 0.239 e. The molecule has 0 saturated carbocycles. The van der Waals surface area contributed by atoms with E-state index in [1.54, 1.807) is 18.2 Å². The predicted octanol–water partition coefficient (Wildman–Crippen LogP) is 4.03. The van der Waals surface area contributed by atoms with Crippen molar-refractivity contribution in [3.63, 3.8) is 0 Å². The summed E-state index contributed by atoms with van der Waals surface area (Å²) in [5, 5.41) is 6.70. The molecule has 0 fully saturated rings. The average Bonchev–Trinajstić information content (AvgIpc) is 2.48. The van der Waals surface area contributed by atoms with E-state index in [2.05, 4.69) is 10.6 Å². The molecule has 0 atom stereocenters. The van der Waals surface area contributed by atoms with Crippen LogP contribution in [0.2, 0.25) is 10.0 Å². The minimum absolute atomic E-state index is 0.105. The van der Waals surface area contributed by atoms with E-state index in [9.17, 15) is 4.79 Å². The average molecular weight is 323 g/mol. The van der Waals surface area contributed by atoms with Crippen molar-refractivity contribution in [2.75, 3.05) is 11.9 Å². The number of hydrogen-bond acceptors (Lipinski definition) is 2. The highest BCUT2D eigenvalue weighted by molar-refractivity contribution is 6.43. The van der Waals surface area contributed by atoms with Gasteiger partial charge in [0, 0.05) is 6.54 Å². The van der Waals surface area contributed by atoms with Gasteiger partial charge in [-0.15, -0.1) is 0 Å². The SMILES string of the molecule is Cc1ccc(CNC(=O)CNc2cccc(Cl)c2Cl)cc1. The van der Waals surface area contributed by atoms with Gasteiger partial charge in [-0.1, -0.05) is 59.1 Å². The molecule has 0 aromatic heterocycles. The van der Waals surface area contributed by atoms with Crippen LogP contribution in [0.15, 0.2) is 42.5 Å². The lowest BCUT2D eigenvalue weighted by Gasteiger charge is -2.10. The van der Waals surface area contributed by atoms with Crippen LogP contribution in [0.1, 0.15) is 11.1 Å². The lowest BCUT2D eigenvalue weighted by atomic mass is 10.1. The van der Waals surface area contributed by atoms with Gasteiger partial charge in [0.25, 0.3) is 0 Å². The largest absolute Gasteiger partial charge is 0.375 e. The van der Waals surface area contributed by atoms with E-state index >= 15 is 0 Å². The number of carbonyl (C=O) groups excluding carboxylic acids is 1. The van der Waals surface area contributed by atoms with Crippen LogP contribution >= 0.6 is 23.2 Å². The Labute approximate surface area is 134 Å². The molecule has 0 bridgehead atoms. The van der Waals surface area contributed by atoms with Gasteiger partial charge in [0.1, 0.15) is 0 Å². The van der Waals surface area contributed by atoms with Gasteiger partial charge in [0.05, 0.1) is 22.3 Å². The third kappa shape index (κ3) is 4.66. The number of halogens is 2. The molecule has 0 radical (unpaired) electrons. The summed E-state index contributed by atoms with van der Waals surface area (Å²) >= 11 is 11.9. The smallest absolute Gasteiger partial charge is 0.239 e. The molecule has 2 aromatic rings. The Kier molecular flexibility index (Phi) is 5.48. The second-order valence-electron chi connectivity index (χ2n) is 4.72. The highest BCUT2D eigenvalue weighted by Crippen LogP contribution is 2.29. The zero-order valence-electron chi connectivity index (χ0n) is 11.6. The first kappa shape index (κ1) is 15.7. The summed E-state index contributed by atoms with van der Waals surface area (Å²) in [4.78, 5) is 11.8. The number of hydrogen-bond donors (Lipinski definition) is 2. The third-order valence-electron chi connectivity index (χ3n) is 3.00. The van der Waals surface area contributed by atoms with Crippen LogP contribution in [0.4, 0.5) is 5.69 Å². The van der Waals surface area contributed by atoms with Gasteiger partial charge >= 0.3 is 0 Å². The Morgan fingerprint density at radius 2 is 1.81 bits per heavy atom. The minimum atomic E-state index is -0.105. The minimum Gasteiger partial charge on any atom is -0.375 e. The maximum atomic E-state index is 11.8. The Hall–Kier alpha value is -1.71. The molecule has 5 heteroatoms. The number of amides is 1. The lowest BCUT2D eigenvalue weighted by Crippen LogP contribution is -2.29. The molecule has 0 saturated heterocycles. The topological polar surface area (TPSA) is 41.1 Å². The quantitative estimate of drug-likeness (QED) is 0.872. The van der Waals surface area contributed by atoms with Gasteiger partial charge < -0.3 is 10.6 Å². The molecule has 0 aliphatic carbocycles. The summed E-state index contributed by atoms with van der Waals surface area (Å²) in [5.74, 6) is -0.105. The lowest BCUT2D eigenvalue weighted by molar-refractivity contribution is -0.119. The van der Waals surface area contributed by atoms with Gasteiger partial charge in [-0.3, -0.25) is 4.79 Å². The molecular weight excluding hydrogens is 307 g/mol. The fourth-order valence-electron chi connectivity index (χ4n) is 1.78. The standard InChI is InChI=1S/C16H16Cl2N2O/c1-11-5-7-12(8-6-11)9-20-15(21)10-19-14-4-2-3-13(17)16(14)18/h2-8,19H,9-10H2,1H3,(H,20,21). The van der Waals surface area contributed by atoms with Crippen LogP contribution in [-0.4, -0.2) is 12.5 Å². The van der Waals surface area contributed by atoms with Crippen molar-refractivity contribution in [2.45, 2.75) is 13.5 Å². The fraction of sp³-hybridized carbons (Fsp3) is 0.188. The Morgan fingerprint density at radius 1 is 1.10 bits per heavy atom. The van der Waals surface area contributed by atoms with Crippen LogP contribution in [0.3, 0.4) is 0 Å². The normalized spacial score (nSPS) is 10.2. The van der Waals surface area contributed by atoms with Crippen molar-refractivity contribution in [1.29, 1.82) is 0 Å². The number of benzene rings is 2. The summed E-state index contributed by atoms with van der Waals surface area (Å²) < 4.78 is 0. The fourth-order valence-corrected chi connectivity index (χ4v) is 2.15. The van der Waals surface area contributed by atoms with Crippen LogP contribution in [0.25, 0.3) is 0 Å². The van der Waals surface area contributed by atoms with Crippen LogP contribution < -0.4 is 10.6 Å². The molecule has 3 nitrogen and oxygen atoms in total. The first-order valence-electron chi connectivity index (χ1n) is 6.56. The van der Waals surface area contributed by atoms with E-state index in [-0.39, 0.29) is 12.5 Å². The molecule has 0 spiro atoms. The third-order valence-corrected chi connectivity index (χ3v) is 3.82. The highest BCUT2D eigenvalue weighted by Gasteiger charge is 2.06. The number of aryl methyl sites for hydroxylation is 1. The van der Waals surface area contributed by atoms with E-state index in [1.165, 1.54) is 5.56 Å². The molecule has 0 aliphatic heterocycles. The monoisotopic (exact) mass is 322 g/mol. The molecule has 2 N–H and O–H groups in total. The summed E-state index contributed by atoms with van der Waals surface area (Å²) in [5.41, 5.74) is 2.91. The van der Waals surface area contributed by atoms with Crippen LogP contribution in [-0.2, 0) is 11.3 Å². The molecular formula is C16H16Cl2N2O. The first-order chi connectivity index (χ1) is 10.1. The van der Waals surface area contributed by atoms with Gasteiger partial charge in [0.2, 0.25) is 5.91 Å². The van der Waals surface area contributed by atoms with Crippen molar-refractivity contribution < 1.29 is 4.79 Å². The summed E-state index contributed by atoms with van der Waals surface area (Å²) in [7, 11) is 0. The Bertz CT molecular complexity index is 627. The highest BCUT2D eigenvalue weighted by atomic mass is 35.5. The van der Waals surface area contributed by atoms with Gasteiger partial charge in [-0.25, -0.2) is 0 Å². The van der Waals surface area contributed by atoms with Crippen LogP contribution in [0.5, 0.6) is 0 Å². The van der Waals surface area contributed by atoms with E-state index in [0.717, 1.165) is 5.56 Å². The Morgan fingerprint density at radius 3 is 2.52 bits per heavy atom.